The van der Waals surface area contributed by atoms with Crippen LogP contribution in [0.1, 0.15) is 6.92 Å². The van der Waals surface area contributed by atoms with Gasteiger partial charge < -0.3 is 0 Å². The van der Waals surface area contributed by atoms with Crippen molar-refractivity contribution >= 4 is 6.21 Å². The third-order valence-electron chi connectivity index (χ3n) is 1.00. The lowest BCUT2D eigenvalue weighted by Gasteiger charge is -2.15. The van der Waals surface area contributed by atoms with Crippen molar-refractivity contribution in [3.8, 4) is 0 Å². The Morgan fingerprint density at radius 3 is 2.67 bits per heavy atom. The average molecular weight is 127 g/mol. The van der Waals surface area contributed by atoms with Gasteiger partial charge in [-0.1, -0.05) is 6.58 Å². The number of rotatable bonds is 3. The second-order valence-corrected chi connectivity index (χ2v) is 1.59. The zero-order chi connectivity index (χ0) is 7.28. The van der Waals surface area contributed by atoms with E-state index in [1.54, 1.807) is 11.2 Å². The number of hydrogen-bond donors (Lipinski definition) is 1. The molecular weight excluding hydrogens is 114 g/mol. The summed E-state index contributed by atoms with van der Waals surface area (Å²) in [7, 11) is 3.67. The Bertz CT molecular complexity index is 117. The molecule has 0 aliphatic rings. The van der Waals surface area contributed by atoms with Crippen LogP contribution < -0.4 is 5.43 Å². The molecule has 0 atom stereocenters. The molecule has 0 aromatic rings. The molecular formula is C6H13N3. The van der Waals surface area contributed by atoms with Crippen molar-refractivity contribution < 1.29 is 0 Å². The molecule has 0 amide bonds. The number of hydrogen-bond acceptors (Lipinski definition) is 3. The summed E-state index contributed by atoms with van der Waals surface area (Å²) in [6.07, 6.45) is 1.70. The fourth-order valence-electron chi connectivity index (χ4n) is 0.365. The first-order valence-corrected chi connectivity index (χ1v) is 2.81. The maximum absolute atomic E-state index is 3.94. The van der Waals surface area contributed by atoms with Crippen LogP contribution in [0.3, 0.4) is 0 Å². The molecule has 0 saturated heterocycles. The summed E-state index contributed by atoms with van der Waals surface area (Å²) in [6.45, 7) is 5.54. The van der Waals surface area contributed by atoms with E-state index in [-0.39, 0.29) is 0 Å². The van der Waals surface area contributed by atoms with E-state index in [0.29, 0.717) is 5.82 Å². The lowest BCUT2D eigenvalue weighted by molar-refractivity contribution is 0.331. The zero-order valence-corrected chi connectivity index (χ0v) is 6.18. The molecule has 3 heteroatoms. The van der Waals surface area contributed by atoms with Gasteiger partial charge in [-0.3, -0.25) is 5.01 Å². The van der Waals surface area contributed by atoms with Crippen LogP contribution in [-0.4, -0.2) is 25.3 Å². The van der Waals surface area contributed by atoms with Gasteiger partial charge in [0.15, 0.2) is 0 Å². The molecule has 0 aromatic carbocycles. The van der Waals surface area contributed by atoms with Crippen molar-refractivity contribution in [1.29, 1.82) is 0 Å². The van der Waals surface area contributed by atoms with Crippen LogP contribution in [0.4, 0.5) is 0 Å². The van der Waals surface area contributed by atoms with E-state index >= 15 is 0 Å². The first-order chi connectivity index (χ1) is 4.22. The molecule has 0 saturated carbocycles. The molecule has 0 aromatic heterocycles. The van der Waals surface area contributed by atoms with Gasteiger partial charge in [0.05, 0.1) is 0 Å². The highest BCUT2D eigenvalue weighted by Gasteiger charge is 1.91. The summed E-state index contributed by atoms with van der Waals surface area (Å²) in [5.74, 6) is 0.708. The lowest BCUT2D eigenvalue weighted by atomic mass is 10.7. The molecule has 9 heavy (non-hydrogen) atoms. The second-order valence-electron chi connectivity index (χ2n) is 1.59. The Labute approximate surface area is 56.0 Å². The minimum atomic E-state index is 0.708. The van der Waals surface area contributed by atoms with Crippen LogP contribution in [0.2, 0.25) is 0 Å². The lowest BCUT2D eigenvalue weighted by Crippen LogP contribution is -2.28. The van der Waals surface area contributed by atoms with Crippen LogP contribution in [-0.2, 0) is 0 Å². The molecule has 3 nitrogen and oxygen atoms in total. The summed E-state index contributed by atoms with van der Waals surface area (Å²) in [5.41, 5.74) is 2.87. The molecule has 1 N–H and O–H groups in total. The predicted molar refractivity (Wildman–Crippen MR) is 40.1 cm³/mol. The SMILES string of the molecule is C=C(/N=C\C)N(C)NC. The summed E-state index contributed by atoms with van der Waals surface area (Å²) in [6, 6.07) is 0. The Morgan fingerprint density at radius 2 is 2.33 bits per heavy atom. The molecule has 0 fully saturated rings. The Kier molecular flexibility index (Phi) is 3.71. The maximum Gasteiger partial charge on any atom is 0.134 e. The third-order valence-corrected chi connectivity index (χ3v) is 1.00. The molecule has 0 spiro atoms. The van der Waals surface area contributed by atoms with E-state index in [1.807, 2.05) is 21.0 Å². The molecule has 0 rings (SSSR count). The van der Waals surface area contributed by atoms with Crippen molar-refractivity contribution in [3.05, 3.63) is 12.4 Å². The predicted octanol–water partition coefficient (Wildman–Crippen LogP) is 0.615. The summed E-state index contributed by atoms with van der Waals surface area (Å²) < 4.78 is 0. The van der Waals surface area contributed by atoms with Gasteiger partial charge in [0.1, 0.15) is 5.82 Å². The van der Waals surface area contributed by atoms with Crippen LogP contribution >= 0.6 is 0 Å². The number of nitrogens with zero attached hydrogens (tertiary/aromatic N) is 2. The van der Waals surface area contributed by atoms with E-state index in [1.165, 1.54) is 0 Å². The van der Waals surface area contributed by atoms with Gasteiger partial charge in [0, 0.05) is 20.3 Å². The minimum absolute atomic E-state index is 0.708. The fraction of sp³-hybridized carbons (Fsp3) is 0.500. The molecule has 52 valence electrons. The normalized spacial score (nSPS) is 10.1. The van der Waals surface area contributed by atoms with Crippen molar-refractivity contribution in [2.45, 2.75) is 6.92 Å². The molecule has 0 heterocycles. The Balaban J connectivity index is 3.73. The second kappa shape index (κ2) is 4.09. The van der Waals surface area contributed by atoms with Gasteiger partial charge in [-0.25, -0.2) is 10.4 Å². The first-order valence-electron chi connectivity index (χ1n) is 2.81. The smallest absolute Gasteiger partial charge is 0.134 e. The summed E-state index contributed by atoms with van der Waals surface area (Å²) in [5, 5.41) is 1.74. The molecule has 0 radical (unpaired) electrons. The quantitative estimate of drug-likeness (QED) is 0.444. The van der Waals surface area contributed by atoms with Crippen molar-refractivity contribution in [2.24, 2.45) is 4.99 Å². The van der Waals surface area contributed by atoms with Crippen LogP contribution in [0.25, 0.3) is 0 Å². The number of nitrogens with one attached hydrogen (secondary N) is 1. The fourth-order valence-corrected chi connectivity index (χ4v) is 0.365. The number of hydrazine groups is 1. The summed E-state index contributed by atoms with van der Waals surface area (Å²) >= 11 is 0. The zero-order valence-electron chi connectivity index (χ0n) is 6.18. The van der Waals surface area contributed by atoms with Crippen LogP contribution in [0, 0.1) is 0 Å². The van der Waals surface area contributed by atoms with Gasteiger partial charge >= 0.3 is 0 Å². The monoisotopic (exact) mass is 127 g/mol. The molecule has 0 unspecified atom stereocenters. The average Bonchev–Trinajstić information content (AvgIpc) is 1.87. The topological polar surface area (TPSA) is 27.6 Å². The van der Waals surface area contributed by atoms with Crippen LogP contribution in [0.15, 0.2) is 17.4 Å². The highest BCUT2D eigenvalue weighted by Crippen LogP contribution is 1.92. The van der Waals surface area contributed by atoms with Gasteiger partial charge in [-0.2, -0.15) is 0 Å². The van der Waals surface area contributed by atoms with Crippen LogP contribution in [0.5, 0.6) is 0 Å². The van der Waals surface area contributed by atoms with E-state index < -0.39 is 0 Å². The van der Waals surface area contributed by atoms with Crippen molar-refractivity contribution in [1.82, 2.24) is 10.4 Å². The Hall–Kier alpha value is -0.830. The number of aliphatic imine (C=N–C) groups is 1. The Morgan fingerprint density at radius 1 is 1.78 bits per heavy atom. The first kappa shape index (κ1) is 8.17. The van der Waals surface area contributed by atoms with Gasteiger partial charge in [0.25, 0.3) is 0 Å². The van der Waals surface area contributed by atoms with E-state index in [2.05, 4.69) is 17.0 Å². The van der Waals surface area contributed by atoms with E-state index in [9.17, 15) is 0 Å². The van der Waals surface area contributed by atoms with Gasteiger partial charge in [-0.15, -0.1) is 0 Å². The van der Waals surface area contributed by atoms with Gasteiger partial charge in [-0.05, 0) is 6.92 Å². The molecule has 0 aliphatic heterocycles. The highest BCUT2D eigenvalue weighted by molar-refractivity contribution is 5.54. The maximum atomic E-state index is 3.94. The van der Waals surface area contributed by atoms with Crippen molar-refractivity contribution in [2.75, 3.05) is 14.1 Å². The summed E-state index contributed by atoms with van der Waals surface area (Å²) in [4.78, 5) is 3.94. The van der Waals surface area contributed by atoms with E-state index in [4.69, 9.17) is 0 Å². The van der Waals surface area contributed by atoms with E-state index in [0.717, 1.165) is 0 Å². The minimum Gasteiger partial charge on any atom is -0.296 e. The third kappa shape index (κ3) is 2.87. The van der Waals surface area contributed by atoms with Crippen molar-refractivity contribution in [3.63, 3.8) is 0 Å². The standard InChI is InChI=1S/C6H13N3/c1-5-8-6(2)9(4)7-3/h5,7H,2H2,1,3-4H3/b8-5-. The van der Waals surface area contributed by atoms with Gasteiger partial charge in [0.2, 0.25) is 0 Å². The molecule has 0 bridgehead atoms. The highest BCUT2D eigenvalue weighted by atomic mass is 15.5. The molecule has 0 aliphatic carbocycles. The largest absolute Gasteiger partial charge is 0.296 e.